The monoisotopic (exact) mass is 191 g/mol. The molecule has 76 valence electrons. The molecular formula is C11H17N3. The number of hydrogen-bond acceptors (Lipinski definition) is 3. The molecule has 1 fully saturated rings. The summed E-state index contributed by atoms with van der Waals surface area (Å²) in [7, 11) is 0. The summed E-state index contributed by atoms with van der Waals surface area (Å²) in [6.07, 6.45) is 10.1. The highest BCUT2D eigenvalue weighted by Crippen LogP contribution is 2.23. The van der Waals surface area contributed by atoms with E-state index < -0.39 is 0 Å². The Kier molecular flexibility index (Phi) is 2.87. The topological polar surface area (TPSA) is 50.9 Å². The fourth-order valence-electron chi connectivity index (χ4n) is 1.99. The second-order valence-electron chi connectivity index (χ2n) is 3.94. The van der Waals surface area contributed by atoms with Crippen molar-refractivity contribution < 1.29 is 0 Å². The fourth-order valence-corrected chi connectivity index (χ4v) is 1.99. The molecule has 0 unspecified atom stereocenters. The van der Waals surface area contributed by atoms with E-state index in [0.29, 0.717) is 6.04 Å². The second kappa shape index (κ2) is 4.31. The first-order chi connectivity index (χ1) is 6.86. The number of nitrogens with two attached hydrogens (primary N) is 1. The van der Waals surface area contributed by atoms with Gasteiger partial charge in [0.15, 0.2) is 0 Å². The molecule has 1 heterocycles. The molecular weight excluding hydrogens is 174 g/mol. The van der Waals surface area contributed by atoms with E-state index in [-0.39, 0.29) is 0 Å². The predicted octanol–water partition coefficient (Wildman–Crippen LogP) is 2.41. The Morgan fingerprint density at radius 1 is 1.29 bits per heavy atom. The molecule has 0 spiro atoms. The summed E-state index contributed by atoms with van der Waals surface area (Å²) in [6, 6.07) is 2.43. The van der Waals surface area contributed by atoms with E-state index in [4.69, 9.17) is 5.73 Å². The Balaban J connectivity index is 1.99. The van der Waals surface area contributed by atoms with Gasteiger partial charge in [-0.3, -0.25) is 4.98 Å². The number of anilines is 2. The number of nitrogen functional groups attached to an aromatic ring is 1. The molecule has 1 aromatic heterocycles. The van der Waals surface area contributed by atoms with E-state index in [2.05, 4.69) is 10.3 Å². The zero-order valence-electron chi connectivity index (χ0n) is 8.37. The Morgan fingerprint density at radius 3 is 2.79 bits per heavy atom. The third kappa shape index (κ3) is 2.16. The summed E-state index contributed by atoms with van der Waals surface area (Å²) >= 11 is 0. The van der Waals surface area contributed by atoms with Gasteiger partial charge >= 0.3 is 0 Å². The largest absolute Gasteiger partial charge is 0.397 e. The van der Waals surface area contributed by atoms with Gasteiger partial charge in [0, 0.05) is 12.2 Å². The van der Waals surface area contributed by atoms with E-state index in [1.54, 1.807) is 6.20 Å². The molecule has 3 N–H and O–H groups in total. The van der Waals surface area contributed by atoms with Crippen molar-refractivity contribution in [2.75, 3.05) is 11.1 Å². The molecule has 1 aliphatic rings. The van der Waals surface area contributed by atoms with Gasteiger partial charge < -0.3 is 11.1 Å². The minimum Gasteiger partial charge on any atom is -0.397 e. The molecule has 0 radical (unpaired) electrons. The van der Waals surface area contributed by atoms with Crippen LogP contribution in [0.4, 0.5) is 11.4 Å². The van der Waals surface area contributed by atoms with Crippen molar-refractivity contribution in [1.29, 1.82) is 0 Å². The van der Waals surface area contributed by atoms with E-state index in [0.717, 1.165) is 11.4 Å². The van der Waals surface area contributed by atoms with Crippen LogP contribution in [0.3, 0.4) is 0 Å². The molecule has 3 nitrogen and oxygen atoms in total. The van der Waals surface area contributed by atoms with Gasteiger partial charge in [-0.15, -0.1) is 0 Å². The maximum Gasteiger partial charge on any atom is 0.0762 e. The van der Waals surface area contributed by atoms with Crippen LogP contribution in [0.25, 0.3) is 0 Å². The minimum absolute atomic E-state index is 0.593. The predicted molar refractivity (Wildman–Crippen MR) is 59.1 cm³/mol. The van der Waals surface area contributed by atoms with Crippen molar-refractivity contribution >= 4 is 11.4 Å². The van der Waals surface area contributed by atoms with Crippen molar-refractivity contribution in [2.45, 2.75) is 38.1 Å². The lowest BCUT2D eigenvalue weighted by Gasteiger charge is -2.24. The SMILES string of the molecule is Nc1ccncc1NC1CCCCC1. The van der Waals surface area contributed by atoms with E-state index in [9.17, 15) is 0 Å². The molecule has 14 heavy (non-hydrogen) atoms. The Bertz CT molecular complexity index is 292. The summed E-state index contributed by atoms with van der Waals surface area (Å²) in [5, 5.41) is 3.46. The highest BCUT2D eigenvalue weighted by Gasteiger charge is 2.13. The summed E-state index contributed by atoms with van der Waals surface area (Å²) < 4.78 is 0. The van der Waals surface area contributed by atoms with Crippen LogP contribution in [0.1, 0.15) is 32.1 Å². The molecule has 2 rings (SSSR count). The van der Waals surface area contributed by atoms with Gasteiger partial charge in [0.1, 0.15) is 0 Å². The summed E-state index contributed by atoms with van der Waals surface area (Å²) in [5.41, 5.74) is 7.62. The van der Waals surface area contributed by atoms with Crippen LogP contribution in [0.15, 0.2) is 18.5 Å². The molecule has 3 heteroatoms. The molecule has 1 saturated carbocycles. The first-order valence-electron chi connectivity index (χ1n) is 5.32. The number of nitrogens with zero attached hydrogens (tertiary/aromatic N) is 1. The van der Waals surface area contributed by atoms with Crippen LogP contribution in [0, 0.1) is 0 Å². The fraction of sp³-hybridized carbons (Fsp3) is 0.545. The van der Waals surface area contributed by atoms with Gasteiger partial charge in [-0.05, 0) is 18.9 Å². The van der Waals surface area contributed by atoms with Gasteiger partial charge in [0.25, 0.3) is 0 Å². The van der Waals surface area contributed by atoms with Gasteiger partial charge in [-0.1, -0.05) is 19.3 Å². The zero-order valence-corrected chi connectivity index (χ0v) is 8.37. The molecule has 0 bridgehead atoms. The van der Waals surface area contributed by atoms with Crippen LogP contribution >= 0.6 is 0 Å². The lowest BCUT2D eigenvalue weighted by molar-refractivity contribution is 0.463. The Hall–Kier alpha value is -1.25. The van der Waals surface area contributed by atoms with Crippen molar-refractivity contribution in [2.24, 2.45) is 0 Å². The average Bonchev–Trinajstić information content (AvgIpc) is 2.23. The lowest BCUT2D eigenvalue weighted by Crippen LogP contribution is -2.22. The Morgan fingerprint density at radius 2 is 2.07 bits per heavy atom. The highest BCUT2D eigenvalue weighted by atomic mass is 14.9. The van der Waals surface area contributed by atoms with E-state index in [1.165, 1.54) is 32.1 Å². The van der Waals surface area contributed by atoms with E-state index >= 15 is 0 Å². The Labute approximate surface area is 84.7 Å². The third-order valence-electron chi connectivity index (χ3n) is 2.82. The summed E-state index contributed by atoms with van der Waals surface area (Å²) in [6.45, 7) is 0. The van der Waals surface area contributed by atoms with Gasteiger partial charge in [-0.2, -0.15) is 0 Å². The van der Waals surface area contributed by atoms with Crippen molar-refractivity contribution in [1.82, 2.24) is 4.98 Å². The molecule has 0 atom stereocenters. The second-order valence-corrected chi connectivity index (χ2v) is 3.94. The van der Waals surface area contributed by atoms with Crippen molar-refractivity contribution in [3.63, 3.8) is 0 Å². The van der Waals surface area contributed by atoms with Gasteiger partial charge in [0.05, 0.1) is 17.6 Å². The van der Waals surface area contributed by atoms with Crippen LogP contribution < -0.4 is 11.1 Å². The van der Waals surface area contributed by atoms with Crippen molar-refractivity contribution in [3.8, 4) is 0 Å². The number of nitrogens with one attached hydrogen (secondary N) is 1. The number of rotatable bonds is 2. The third-order valence-corrected chi connectivity index (χ3v) is 2.82. The normalized spacial score (nSPS) is 18.0. The standard InChI is InChI=1S/C11H17N3/c12-10-6-7-13-8-11(10)14-9-4-2-1-3-5-9/h6-9,14H,1-5H2,(H2,12,13). The number of pyridine rings is 1. The van der Waals surface area contributed by atoms with Gasteiger partial charge in [-0.25, -0.2) is 0 Å². The summed E-state index contributed by atoms with van der Waals surface area (Å²) in [5.74, 6) is 0. The minimum atomic E-state index is 0.593. The molecule has 0 amide bonds. The van der Waals surface area contributed by atoms with Crippen LogP contribution in [-0.2, 0) is 0 Å². The van der Waals surface area contributed by atoms with Crippen LogP contribution in [0.2, 0.25) is 0 Å². The van der Waals surface area contributed by atoms with Crippen molar-refractivity contribution in [3.05, 3.63) is 18.5 Å². The molecule has 0 saturated heterocycles. The molecule has 0 aromatic carbocycles. The molecule has 1 aliphatic carbocycles. The first kappa shape index (κ1) is 9.31. The van der Waals surface area contributed by atoms with Gasteiger partial charge in [0.2, 0.25) is 0 Å². The van der Waals surface area contributed by atoms with Crippen LogP contribution in [0.5, 0.6) is 0 Å². The average molecular weight is 191 g/mol. The highest BCUT2D eigenvalue weighted by molar-refractivity contribution is 5.64. The summed E-state index contributed by atoms with van der Waals surface area (Å²) in [4.78, 5) is 4.07. The zero-order chi connectivity index (χ0) is 9.80. The van der Waals surface area contributed by atoms with E-state index in [1.807, 2.05) is 12.3 Å². The lowest BCUT2D eigenvalue weighted by atomic mass is 9.95. The molecule has 1 aromatic rings. The number of hydrogen-bond donors (Lipinski definition) is 2. The first-order valence-corrected chi connectivity index (χ1v) is 5.32. The maximum absolute atomic E-state index is 5.84. The number of aromatic nitrogens is 1. The molecule has 0 aliphatic heterocycles. The smallest absolute Gasteiger partial charge is 0.0762 e. The quantitative estimate of drug-likeness (QED) is 0.754. The van der Waals surface area contributed by atoms with Crippen LogP contribution in [-0.4, -0.2) is 11.0 Å². The maximum atomic E-state index is 5.84.